The van der Waals surface area contributed by atoms with Crippen molar-refractivity contribution in [3.63, 3.8) is 0 Å². The quantitative estimate of drug-likeness (QED) is 0.727. The van der Waals surface area contributed by atoms with E-state index in [-0.39, 0.29) is 6.03 Å². The highest BCUT2D eigenvalue weighted by molar-refractivity contribution is 5.89. The summed E-state index contributed by atoms with van der Waals surface area (Å²) in [5.41, 5.74) is 1.48. The maximum absolute atomic E-state index is 12.1. The van der Waals surface area contributed by atoms with Crippen molar-refractivity contribution in [1.82, 2.24) is 30.2 Å². The fourth-order valence-corrected chi connectivity index (χ4v) is 2.89. The number of anilines is 1. The molecule has 3 heterocycles. The zero-order chi connectivity index (χ0) is 17.9. The van der Waals surface area contributed by atoms with Crippen molar-refractivity contribution in [2.24, 2.45) is 0 Å². The predicted octanol–water partition coefficient (Wildman–Crippen LogP) is 2.16. The molecular formula is C17H19N7O2. The lowest BCUT2D eigenvalue weighted by atomic mass is 10.2. The monoisotopic (exact) mass is 353 g/mol. The summed E-state index contributed by atoms with van der Waals surface area (Å²) in [6.45, 7) is 3.23. The van der Waals surface area contributed by atoms with Crippen molar-refractivity contribution in [3.8, 4) is 11.5 Å². The molecule has 0 unspecified atom stereocenters. The Balaban J connectivity index is 1.34. The van der Waals surface area contributed by atoms with Gasteiger partial charge in [-0.2, -0.15) is 4.98 Å². The molecule has 134 valence electrons. The van der Waals surface area contributed by atoms with E-state index >= 15 is 0 Å². The molecule has 0 aliphatic carbocycles. The van der Waals surface area contributed by atoms with Crippen molar-refractivity contribution in [1.29, 1.82) is 0 Å². The van der Waals surface area contributed by atoms with E-state index in [0.29, 0.717) is 23.9 Å². The van der Waals surface area contributed by atoms with Crippen LogP contribution >= 0.6 is 0 Å². The van der Waals surface area contributed by atoms with Gasteiger partial charge in [-0.3, -0.25) is 0 Å². The first-order chi connectivity index (χ1) is 12.7. The number of rotatable bonds is 5. The number of carbonyl (C=O) groups is 1. The molecule has 0 fully saturated rings. The Morgan fingerprint density at radius 2 is 2.12 bits per heavy atom. The van der Waals surface area contributed by atoms with Gasteiger partial charge in [0.15, 0.2) is 11.6 Å². The Kier molecular flexibility index (Phi) is 4.34. The molecule has 4 rings (SSSR count). The largest absolute Gasteiger partial charge is 0.334 e. The number of carbonyl (C=O) groups excluding carboxylic acids is 1. The first kappa shape index (κ1) is 16.2. The number of hydrogen-bond acceptors (Lipinski definition) is 6. The lowest BCUT2D eigenvalue weighted by molar-refractivity contribution is 0.251. The van der Waals surface area contributed by atoms with Crippen LogP contribution in [0.3, 0.4) is 0 Å². The Labute approximate surface area is 149 Å². The van der Waals surface area contributed by atoms with Gasteiger partial charge in [0.1, 0.15) is 5.82 Å². The summed E-state index contributed by atoms with van der Waals surface area (Å²) in [6, 6.07) is 6.94. The lowest BCUT2D eigenvalue weighted by Gasteiger charge is -2.08. The standard InChI is InChI=1S/C17H19N7O2/c1-2-13-20-16(26-23-13)11-5-7-12(8-6-11)19-17(25)18-10-15-22-21-14-4-3-9-24(14)15/h5-8H,2-4,9-10H2,1H3,(H2,18,19,25). The summed E-state index contributed by atoms with van der Waals surface area (Å²) in [6.07, 6.45) is 2.75. The van der Waals surface area contributed by atoms with Crippen LogP contribution in [0, 0.1) is 0 Å². The zero-order valence-corrected chi connectivity index (χ0v) is 14.4. The van der Waals surface area contributed by atoms with Crippen LogP contribution in [0.25, 0.3) is 11.5 Å². The maximum Gasteiger partial charge on any atom is 0.319 e. The van der Waals surface area contributed by atoms with E-state index in [2.05, 4.69) is 35.5 Å². The van der Waals surface area contributed by atoms with Gasteiger partial charge in [0.05, 0.1) is 6.54 Å². The molecule has 9 nitrogen and oxygen atoms in total. The van der Waals surface area contributed by atoms with Gasteiger partial charge in [0.2, 0.25) is 0 Å². The average Bonchev–Trinajstić information content (AvgIpc) is 3.38. The fraction of sp³-hybridized carbons (Fsp3) is 0.353. The van der Waals surface area contributed by atoms with Gasteiger partial charge in [-0.1, -0.05) is 12.1 Å². The number of nitrogens with zero attached hydrogens (tertiary/aromatic N) is 5. The molecule has 26 heavy (non-hydrogen) atoms. The van der Waals surface area contributed by atoms with Crippen molar-refractivity contribution >= 4 is 11.7 Å². The second-order valence-electron chi connectivity index (χ2n) is 6.04. The van der Waals surface area contributed by atoms with Crippen molar-refractivity contribution in [2.45, 2.75) is 39.3 Å². The number of aryl methyl sites for hydroxylation is 2. The summed E-state index contributed by atoms with van der Waals surface area (Å²) in [5, 5.41) is 17.7. The van der Waals surface area contributed by atoms with Crippen molar-refractivity contribution < 1.29 is 9.32 Å². The van der Waals surface area contributed by atoms with E-state index in [4.69, 9.17) is 4.52 Å². The highest BCUT2D eigenvalue weighted by Gasteiger charge is 2.17. The highest BCUT2D eigenvalue weighted by atomic mass is 16.5. The smallest absolute Gasteiger partial charge is 0.319 e. The minimum absolute atomic E-state index is 0.292. The van der Waals surface area contributed by atoms with Crippen LogP contribution in [0.15, 0.2) is 28.8 Å². The molecule has 0 saturated carbocycles. The number of nitrogens with one attached hydrogen (secondary N) is 2. The van der Waals surface area contributed by atoms with Gasteiger partial charge in [-0.15, -0.1) is 10.2 Å². The number of fused-ring (bicyclic) bond motifs is 1. The fourth-order valence-electron chi connectivity index (χ4n) is 2.89. The van der Waals surface area contributed by atoms with Gasteiger partial charge >= 0.3 is 6.03 Å². The molecule has 9 heteroatoms. The lowest BCUT2D eigenvalue weighted by Crippen LogP contribution is -2.29. The molecular weight excluding hydrogens is 334 g/mol. The van der Waals surface area contributed by atoms with Gasteiger partial charge in [-0.25, -0.2) is 4.79 Å². The third-order valence-electron chi connectivity index (χ3n) is 4.27. The Bertz CT molecular complexity index is 914. The molecule has 2 amide bonds. The molecule has 0 atom stereocenters. The predicted molar refractivity (Wildman–Crippen MR) is 93.3 cm³/mol. The summed E-state index contributed by atoms with van der Waals surface area (Å²) in [4.78, 5) is 16.4. The molecule has 0 saturated heterocycles. The Hall–Kier alpha value is -3.23. The van der Waals surface area contributed by atoms with Crippen LogP contribution in [0.5, 0.6) is 0 Å². The topological polar surface area (TPSA) is 111 Å². The summed E-state index contributed by atoms with van der Waals surface area (Å²) in [7, 11) is 0. The summed E-state index contributed by atoms with van der Waals surface area (Å²) < 4.78 is 7.26. The van der Waals surface area contributed by atoms with Gasteiger partial charge in [-0.05, 0) is 30.7 Å². The number of urea groups is 1. The minimum atomic E-state index is -0.292. The SMILES string of the molecule is CCc1noc(-c2ccc(NC(=O)NCc3nnc4n3CCC4)cc2)n1. The van der Waals surface area contributed by atoms with Crippen LogP contribution in [0.2, 0.25) is 0 Å². The van der Waals surface area contributed by atoms with Crippen LogP contribution in [0.4, 0.5) is 10.5 Å². The number of aromatic nitrogens is 5. The molecule has 1 aliphatic heterocycles. The third kappa shape index (κ3) is 3.28. The summed E-state index contributed by atoms with van der Waals surface area (Å²) in [5.74, 6) is 2.91. The Morgan fingerprint density at radius 3 is 2.88 bits per heavy atom. The zero-order valence-electron chi connectivity index (χ0n) is 14.4. The molecule has 1 aliphatic rings. The minimum Gasteiger partial charge on any atom is -0.334 e. The van der Waals surface area contributed by atoms with Crippen molar-refractivity contribution in [2.75, 3.05) is 5.32 Å². The van der Waals surface area contributed by atoms with Crippen molar-refractivity contribution in [3.05, 3.63) is 41.7 Å². The second-order valence-corrected chi connectivity index (χ2v) is 6.04. The third-order valence-corrected chi connectivity index (χ3v) is 4.27. The van der Waals surface area contributed by atoms with Crippen LogP contribution in [0.1, 0.15) is 30.8 Å². The van der Waals surface area contributed by atoms with E-state index in [1.807, 2.05) is 19.1 Å². The van der Waals surface area contributed by atoms with E-state index in [1.165, 1.54) is 0 Å². The first-order valence-electron chi connectivity index (χ1n) is 8.61. The van der Waals surface area contributed by atoms with E-state index < -0.39 is 0 Å². The first-order valence-corrected chi connectivity index (χ1v) is 8.61. The molecule has 0 radical (unpaired) electrons. The normalized spacial score (nSPS) is 12.8. The molecule has 2 N–H and O–H groups in total. The van der Waals surface area contributed by atoms with E-state index in [0.717, 1.165) is 43.0 Å². The van der Waals surface area contributed by atoms with Crippen LogP contribution < -0.4 is 10.6 Å². The number of hydrogen-bond donors (Lipinski definition) is 2. The van der Waals surface area contributed by atoms with Gasteiger partial charge < -0.3 is 19.7 Å². The van der Waals surface area contributed by atoms with E-state index in [9.17, 15) is 4.79 Å². The molecule has 3 aromatic rings. The number of amides is 2. The highest BCUT2D eigenvalue weighted by Crippen LogP contribution is 2.20. The number of benzene rings is 1. The van der Waals surface area contributed by atoms with Gasteiger partial charge in [0.25, 0.3) is 5.89 Å². The molecule has 0 spiro atoms. The molecule has 1 aromatic carbocycles. The maximum atomic E-state index is 12.1. The van der Waals surface area contributed by atoms with Gasteiger partial charge in [0, 0.05) is 30.6 Å². The molecule has 2 aromatic heterocycles. The Morgan fingerprint density at radius 1 is 1.27 bits per heavy atom. The average molecular weight is 353 g/mol. The van der Waals surface area contributed by atoms with E-state index in [1.54, 1.807) is 12.1 Å². The second kappa shape index (κ2) is 6.95. The van der Waals surface area contributed by atoms with Crippen LogP contribution in [-0.4, -0.2) is 30.9 Å². The summed E-state index contributed by atoms with van der Waals surface area (Å²) >= 11 is 0. The van der Waals surface area contributed by atoms with Crippen LogP contribution in [-0.2, 0) is 25.9 Å². The molecule has 0 bridgehead atoms.